The maximum atomic E-state index is 12.9. The molecule has 3 heterocycles. The zero-order valence-corrected chi connectivity index (χ0v) is 21.0. The van der Waals surface area contributed by atoms with Crippen LogP contribution in [-0.2, 0) is 11.3 Å². The lowest BCUT2D eigenvalue weighted by molar-refractivity contribution is 0.0941. The number of hydrogen-bond donors (Lipinski definition) is 2. The molecule has 3 aromatic rings. The number of ketones is 1. The van der Waals surface area contributed by atoms with Crippen LogP contribution < -0.4 is 5.32 Å². The van der Waals surface area contributed by atoms with Gasteiger partial charge in [0.1, 0.15) is 10.6 Å². The Morgan fingerprint density at radius 1 is 1.26 bits per heavy atom. The predicted octanol–water partition coefficient (Wildman–Crippen LogP) is 4.25. The van der Waals surface area contributed by atoms with E-state index < -0.39 is 0 Å². The summed E-state index contributed by atoms with van der Waals surface area (Å²) in [6, 6.07) is 6.82. The van der Waals surface area contributed by atoms with Gasteiger partial charge in [0.2, 0.25) is 0 Å². The minimum absolute atomic E-state index is 0.0584. The lowest BCUT2D eigenvalue weighted by atomic mass is 10.1. The fourth-order valence-electron chi connectivity index (χ4n) is 3.43. The van der Waals surface area contributed by atoms with E-state index in [1.54, 1.807) is 30.5 Å². The summed E-state index contributed by atoms with van der Waals surface area (Å²) < 4.78 is 11.0. The molecule has 0 fully saturated rings. The molecule has 0 atom stereocenters. The molecule has 0 saturated carbocycles. The van der Waals surface area contributed by atoms with Crippen molar-refractivity contribution in [2.24, 2.45) is 0 Å². The summed E-state index contributed by atoms with van der Waals surface area (Å²) in [7, 11) is 0. The highest BCUT2D eigenvalue weighted by Crippen LogP contribution is 2.33. The Bertz CT molecular complexity index is 1080. The Balaban J connectivity index is 1.73. The number of carbonyl (C=O) groups excluding carboxylic acids is 2. The smallest absolute Gasteiger partial charge is 0.257 e. The van der Waals surface area contributed by atoms with Crippen molar-refractivity contribution < 1.29 is 23.8 Å². The number of furan rings is 1. The van der Waals surface area contributed by atoms with Gasteiger partial charge in [-0.15, -0.1) is 0 Å². The first kappa shape index (κ1) is 26.7. The molecule has 3 rings (SSSR count). The number of nitrogens with zero attached hydrogens (tertiary/aromatic N) is 3. The number of nitrogens with one attached hydrogen (secondary N) is 1. The van der Waals surface area contributed by atoms with E-state index in [9.17, 15) is 14.7 Å². The number of anilines is 1. The monoisotopic (exact) mass is 500 g/mol. The van der Waals surface area contributed by atoms with Gasteiger partial charge in [0.05, 0.1) is 18.6 Å². The van der Waals surface area contributed by atoms with Gasteiger partial charge in [0.25, 0.3) is 5.91 Å². The van der Waals surface area contributed by atoms with E-state index in [0.29, 0.717) is 66.2 Å². The van der Waals surface area contributed by atoms with Gasteiger partial charge in [0, 0.05) is 44.5 Å². The highest BCUT2D eigenvalue weighted by atomic mass is 32.1. The molecule has 2 N–H and O–H groups in total. The van der Waals surface area contributed by atoms with Gasteiger partial charge < -0.3 is 14.3 Å². The maximum absolute atomic E-state index is 12.9. The second-order valence-corrected chi connectivity index (χ2v) is 8.89. The van der Waals surface area contributed by atoms with Crippen LogP contribution in [0.3, 0.4) is 0 Å². The van der Waals surface area contributed by atoms with Gasteiger partial charge in [-0.25, -0.2) is 4.98 Å². The van der Waals surface area contributed by atoms with E-state index in [0.717, 1.165) is 30.0 Å². The topological polar surface area (TPSA) is 118 Å². The van der Waals surface area contributed by atoms with E-state index in [1.807, 2.05) is 18.7 Å². The molecule has 0 saturated heterocycles. The quantitative estimate of drug-likeness (QED) is 0.235. The normalized spacial score (nSPS) is 11.2. The third-order valence-electron chi connectivity index (χ3n) is 5.22. The largest absolute Gasteiger partial charge is 0.463 e. The number of aliphatic hydroxyl groups excluding tert-OH is 1. The molecule has 3 aromatic heterocycles. The van der Waals surface area contributed by atoms with Crippen LogP contribution >= 0.6 is 11.3 Å². The lowest BCUT2D eigenvalue weighted by Crippen LogP contribution is -2.26. The average Bonchev–Trinajstić information content (AvgIpc) is 3.54. The second-order valence-electron chi connectivity index (χ2n) is 7.90. The van der Waals surface area contributed by atoms with Crippen LogP contribution in [-0.4, -0.2) is 64.6 Å². The molecule has 35 heavy (non-hydrogen) atoms. The molecule has 0 spiro atoms. The predicted molar refractivity (Wildman–Crippen MR) is 135 cm³/mol. The molecule has 0 bridgehead atoms. The fourth-order valence-corrected chi connectivity index (χ4v) is 4.37. The first-order valence-electron chi connectivity index (χ1n) is 11.8. The zero-order valence-electron chi connectivity index (χ0n) is 20.2. The Labute approximate surface area is 209 Å². The standard InChI is InChI=1S/C25H32N4O5S/c1-3-13-33-14-5-7-20(31)23-22(21-8-6-15-34-21)27-25(35-23)28-24(32)18-9-10-26-19(16-18)17-29(4-2)11-12-30/h6,8-10,15-16,30H,3-5,7,11-14,17H2,1-2H3,(H,27,28,32). The van der Waals surface area contributed by atoms with Gasteiger partial charge in [-0.05, 0) is 43.7 Å². The number of ether oxygens (including phenoxy) is 1. The molecule has 10 heteroatoms. The number of rotatable bonds is 15. The van der Waals surface area contributed by atoms with Crippen molar-refractivity contribution in [2.45, 2.75) is 39.7 Å². The molecule has 0 aliphatic heterocycles. The molecule has 0 radical (unpaired) electrons. The van der Waals surface area contributed by atoms with Crippen molar-refractivity contribution in [1.82, 2.24) is 14.9 Å². The Morgan fingerprint density at radius 3 is 2.83 bits per heavy atom. The Morgan fingerprint density at radius 2 is 2.11 bits per heavy atom. The van der Waals surface area contributed by atoms with Crippen LogP contribution in [0.4, 0.5) is 5.13 Å². The summed E-state index contributed by atoms with van der Waals surface area (Å²) in [4.78, 5) is 37.2. The number of thiazole rings is 1. The molecule has 188 valence electrons. The molecule has 9 nitrogen and oxygen atoms in total. The number of hydrogen-bond acceptors (Lipinski definition) is 9. The maximum Gasteiger partial charge on any atom is 0.257 e. The van der Waals surface area contributed by atoms with Crippen molar-refractivity contribution in [2.75, 3.05) is 38.2 Å². The summed E-state index contributed by atoms with van der Waals surface area (Å²) in [6.45, 7) is 7.12. The van der Waals surface area contributed by atoms with Crippen LogP contribution in [0.2, 0.25) is 0 Å². The van der Waals surface area contributed by atoms with E-state index in [1.165, 1.54) is 6.26 Å². The molecule has 0 aliphatic rings. The van der Waals surface area contributed by atoms with Crippen molar-refractivity contribution in [3.8, 4) is 11.5 Å². The molecular formula is C25H32N4O5S. The van der Waals surface area contributed by atoms with Crippen LogP contribution in [0.25, 0.3) is 11.5 Å². The van der Waals surface area contributed by atoms with Gasteiger partial charge in [0.15, 0.2) is 16.7 Å². The van der Waals surface area contributed by atoms with Crippen molar-refractivity contribution in [1.29, 1.82) is 0 Å². The Hall–Kier alpha value is -2.92. The number of Topliss-reactive ketones (excluding diaryl/α,β-unsaturated/α-hetero) is 1. The highest BCUT2D eigenvalue weighted by molar-refractivity contribution is 7.18. The number of likely N-dealkylation sites (N-methyl/N-ethyl adjacent to an activating group) is 1. The molecule has 1 amide bonds. The first-order chi connectivity index (χ1) is 17.0. The minimum Gasteiger partial charge on any atom is -0.463 e. The minimum atomic E-state index is -0.342. The van der Waals surface area contributed by atoms with Gasteiger partial charge in [-0.3, -0.25) is 24.8 Å². The van der Waals surface area contributed by atoms with E-state index in [-0.39, 0.29) is 18.3 Å². The van der Waals surface area contributed by atoms with Gasteiger partial charge in [-0.1, -0.05) is 25.2 Å². The zero-order chi connectivity index (χ0) is 25.0. The van der Waals surface area contributed by atoms with Crippen LogP contribution in [0.1, 0.15) is 58.8 Å². The highest BCUT2D eigenvalue weighted by Gasteiger charge is 2.22. The summed E-state index contributed by atoms with van der Waals surface area (Å²) >= 11 is 1.14. The van der Waals surface area contributed by atoms with Crippen LogP contribution in [0.5, 0.6) is 0 Å². The summed E-state index contributed by atoms with van der Waals surface area (Å²) in [5, 5.41) is 12.3. The average molecular weight is 501 g/mol. The fraction of sp³-hybridized carbons (Fsp3) is 0.440. The first-order valence-corrected chi connectivity index (χ1v) is 12.6. The molecule has 0 aromatic carbocycles. The van der Waals surface area contributed by atoms with Gasteiger partial charge in [-0.2, -0.15) is 0 Å². The van der Waals surface area contributed by atoms with Gasteiger partial charge >= 0.3 is 0 Å². The van der Waals surface area contributed by atoms with Crippen molar-refractivity contribution in [3.05, 3.63) is 52.9 Å². The number of aliphatic hydroxyl groups is 1. The summed E-state index contributed by atoms with van der Waals surface area (Å²) in [6.07, 6.45) is 4.98. The summed E-state index contributed by atoms with van der Waals surface area (Å²) in [5.74, 6) is 0.0665. The number of carbonyl (C=O) groups is 2. The van der Waals surface area contributed by atoms with Crippen LogP contribution in [0, 0.1) is 0 Å². The SMILES string of the molecule is CCCOCCCC(=O)c1sc(NC(=O)c2ccnc(CN(CC)CCO)c2)nc1-c1ccco1. The Kier molecular flexibility index (Phi) is 10.5. The second kappa shape index (κ2) is 13.8. The van der Waals surface area contributed by atoms with Crippen LogP contribution in [0.15, 0.2) is 41.1 Å². The summed E-state index contributed by atoms with van der Waals surface area (Å²) in [5.41, 5.74) is 1.59. The van der Waals surface area contributed by atoms with E-state index in [4.69, 9.17) is 9.15 Å². The lowest BCUT2D eigenvalue weighted by Gasteiger charge is -2.18. The number of amides is 1. The van der Waals surface area contributed by atoms with E-state index >= 15 is 0 Å². The number of pyridine rings is 1. The molecule has 0 aliphatic carbocycles. The van der Waals surface area contributed by atoms with E-state index in [2.05, 4.69) is 15.3 Å². The van der Waals surface area contributed by atoms with Crippen molar-refractivity contribution >= 4 is 28.2 Å². The molecule has 0 unspecified atom stereocenters. The van der Waals surface area contributed by atoms with Crippen molar-refractivity contribution in [3.63, 3.8) is 0 Å². The molecular weight excluding hydrogens is 468 g/mol. The third-order valence-corrected chi connectivity index (χ3v) is 6.24. The number of aromatic nitrogens is 2. The third kappa shape index (κ3) is 7.79.